The summed E-state index contributed by atoms with van der Waals surface area (Å²) in [5.41, 5.74) is 2.81. The fourth-order valence-electron chi connectivity index (χ4n) is 6.59. The Bertz CT molecular complexity index is 1500. The summed E-state index contributed by atoms with van der Waals surface area (Å²) < 4.78 is 5.62. The Kier molecular flexibility index (Phi) is 5.67. The molecule has 192 valence electrons. The number of aromatic hydroxyl groups is 1. The monoisotopic (exact) mass is 509 g/mol. The molecule has 38 heavy (non-hydrogen) atoms. The van der Waals surface area contributed by atoms with Crippen LogP contribution in [-0.4, -0.2) is 35.1 Å². The molecule has 0 saturated carbocycles. The van der Waals surface area contributed by atoms with E-state index in [2.05, 4.69) is 0 Å². The van der Waals surface area contributed by atoms with E-state index in [1.165, 1.54) is 11.0 Å². The first-order valence-electron chi connectivity index (χ1n) is 12.9. The number of nitrogens with zero attached hydrogens (tertiary/aromatic N) is 1. The van der Waals surface area contributed by atoms with Gasteiger partial charge in [0.2, 0.25) is 11.8 Å². The van der Waals surface area contributed by atoms with E-state index in [1.807, 2.05) is 19.1 Å². The number of ketones is 2. The molecule has 1 heterocycles. The number of fused-ring (bicyclic) bond motifs is 3. The van der Waals surface area contributed by atoms with Gasteiger partial charge in [-0.1, -0.05) is 42.0 Å². The van der Waals surface area contributed by atoms with Crippen molar-refractivity contribution in [3.8, 4) is 11.5 Å². The Morgan fingerprint density at radius 3 is 2.47 bits per heavy atom. The van der Waals surface area contributed by atoms with E-state index in [0.29, 0.717) is 41.0 Å². The van der Waals surface area contributed by atoms with Crippen LogP contribution in [0.4, 0.5) is 5.69 Å². The predicted octanol–water partition coefficient (Wildman–Crippen LogP) is 4.43. The highest BCUT2D eigenvalue weighted by Crippen LogP contribution is 2.57. The molecule has 2 aromatic rings. The summed E-state index contributed by atoms with van der Waals surface area (Å²) >= 11 is 0. The minimum atomic E-state index is -0.723. The van der Waals surface area contributed by atoms with E-state index in [1.54, 1.807) is 49.4 Å². The van der Waals surface area contributed by atoms with Crippen molar-refractivity contribution in [3.05, 3.63) is 88.5 Å². The summed E-state index contributed by atoms with van der Waals surface area (Å²) in [6, 6.07) is 14.0. The topological polar surface area (TPSA) is 101 Å². The van der Waals surface area contributed by atoms with Crippen LogP contribution in [0.15, 0.2) is 83.0 Å². The zero-order valence-electron chi connectivity index (χ0n) is 21.1. The van der Waals surface area contributed by atoms with E-state index in [4.69, 9.17) is 4.74 Å². The van der Waals surface area contributed by atoms with Gasteiger partial charge in [-0.15, -0.1) is 0 Å². The third-order valence-electron chi connectivity index (χ3n) is 8.22. The summed E-state index contributed by atoms with van der Waals surface area (Å²) in [4.78, 5) is 55.3. The maximum atomic E-state index is 13.8. The third kappa shape index (κ3) is 3.41. The van der Waals surface area contributed by atoms with Crippen molar-refractivity contribution in [2.45, 2.75) is 32.6 Å². The van der Waals surface area contributed by atoms with E-state index < -0.39 is 23.7 Å². The quantitative estimate of drug-likeness (QED) is 0.372. The van der Waals surface area contributed by atoms with Crippen LogP contribution in [0.3, 0.4) is 0 Å². The number of hydrogen-bond donors (Lipinski definition) is 1. The van der Waals surface area contributed by atoms with Crippen LogP contribution in [0.5, 0.6) is 11.5 Å². The molecule has 2 amide bonds. The minimum absolute atomic E-state index is 0.0953. The molecular weight excluding hydrogens is 482 g/mol. The number of phenols is 1. The molecule has 2 aromatic carbocycles. The minimum Gasteiger partial charge on any atom is -0.504 e. The molecule has 0 aromatic heterocycles. The predicted molar refractivity (Wildman–Crippen MR) is 140 cm³/mol. The number of hydrogen-bond acceptors (Lipinski definition) is 6. The number of carbonyl (C=O) groups is 4. The van der Waals surface area contributed by atoms with Crippen LogP contribution in [0.1, 0.15) is 38.2 Å². The summed E-state index contributed by atoms with van der Waals surface area (Å²) in [5, 5.41) is 11.2. The highest BCUT2D eigenvalue weighted by atomic mass is 16.5. The highest BCUT2D eigenvalue weighted by Gasteiger charge is 2.56. The van der Waals surface area contributed by atoms with Crippen molar-refractivity contribution in [2.24, 2.45) is 17.8 Å². The standard InChI is InChI=1S/C31H27NO6/c1-3-38-24-11-7-10-19(29(24)35)25-18-12-13-20-26(31(37)32(30(20)36)17-8-5-4-6-9-17)21(18)15-22-23(33)14-16(2)28(34)27(22)25/h4-12,14,20-21,25-26,35H,3,13,15H2,1-2H3/t20-,21+,25+,26-/m0/s1. The lowest BCUT2D eigenvalue weighted by Gasteiger charge is -2.42. The average Bonchev–Trinajstić information content (AvgIpc) is 3.18. The zero-order chi connectivity index (χ0) is 26.7. The van der Waals surface area contributed by atoms with Crippen LogP contribution < -0.4 is 9.64 Å². The summed E-state index contributed by atoms with van der Waals surface area (Å²) in [5.74, 6) is -3.25. The van der Waals surface area contributed by atoms with Crippen molar-refractivity contribution in [1.29, 1.82) is 0 Å². The van der Waals surface area contributed by atoms with Crippen molar-refractivity contribution in [1.82, 2.24) is 0 Å². The molecule has 6 rings (SSSR count). The number of ether oxygens (including phenoxy) is 1. The molecule has 1 fully saturated rings. The summed E-state index contributed by atoms with van der Waals surface area (Å²) in [6.45, 7) is 3.77. The first kappa shape index (κ1) is 24.1. The Labute approximate surface area is 220 Å². The summed E-state index contributed by atoms with van der Waals surface area (Å²) in [7, 11) is 0. The van der Waals surface area contributed by atoms with E-state index in [-0.39, 0.29) is 41.3 Å². The molecule has 0 bridgehead atoms. The van der Waals surface area contributed by atoms with Gasteiger partial charge in [0, 0.05) is 28.2 Å². The number of imide groups is 1. The molecule has 1 N–H and O–H groups in total. The molecule has 4 atom stereocenters. The van der Waals surface area contributed by atoms with Gasteiger partial charge < -0.3 is 9.84 Å². The number of para-hydroxylation sites is 2. The van der Waals surface area contributed by atoms with E-state index in [9.17, 15) is 24.3 Å². The van der Waals surface area contributed by atoms with E-state index >= 15 is 0 Å². The molecule has 7 heteroatoms. The Morgan fingerprint density at radius 2 is 1.74 bits per heavy atom. The van der Waals surface area contributed by atoms with Crippen LogP contribution in [-0.2, 0) is 19.2 Å². The van der Waals surface area contributed by atoms with Gasteiger partial charge in [-0.3, -0.25) is 24.1 Å². The Balaban J connectivity index is 1.51. The van der Waals surface area contributed by atoms with Gasteiger partial charge >= 0.3 is 0 Å². The number of rotatable bonds is 4. The first-order valence-corrected chi connectivity index (χ1v) is 12.9. The second-order valence-corrected chi connectivity index (χ2v) is 10.2. The van der Waals surface area contributed by atoms with Crippen LogP contribution in [0, 0.1) is 17.8 Å². The number of phenolic OH excluding ortho intramolecular Hbond substituents is 1. The van der Waals surface area contributed by atoms with E-state index in [0.717, 1.165) is 5.57 Å². The second-order valence-electron chi connectivity index (χ2n) is 10.2. The van der Waals surface area contributed by atoms with Gasteiger partial charge in [0.15, 0.2) is 23.1 Å². The molecule has 0 radical (unpaired) electrons. The van der Waals surface area contributed by atoms with Gasteiger partial charge in [-0.25, -0.2) is 0 Å². The van der Waals surface area contributed by atoms with Crippen LogP contribution in [0.25, 0.3) is 0 Å². The molecule has 3 aliphatic carbocycles. The van der Waals surface area contributed by atoms with Gasteiger partial charge in [0.1, 0.15) is 0 Å². The maximum absolute atomic E-state index is 13.8. The number of Topliss-reactive ketones (excluding diaryl/α,β-unsaturated/α-hetero) is 1. The lowest BCUT2D eigenvalue weighted by molar-refractivity contribution is -0.123. The van der Waals surface area contributed by atoms with Gasteiger partial charge in [0.05, 0.1) is 24.1 Å². The number of amides is 2. The number of allylic oxidation sites excluding steroid dienone is 6. The van der Waals surface area contributed by atoms with Gasteiger partial charge in [-0.2, -0.15) is 0 Å². The number of anilines is 1. The smallest absolute Gasteiger partial charge is 0.238 e. The van der Waals surface area contributed by atoms with Crippen LogP contribution in [0.2, 0.25) is 0 Å². The maximum Gasteiger partial charge on any atom is 0.238 e. The molecule has 1 aliphatic heterocycles. The number of benzene rings is 2. The van der Waals surface area contributed by atoms with Crippen molar-refractivity contribution in [2.75, 3.05) is 11.5 Å². The van der Waals surface area contributed by atoms with Gasteiger partial charge in [0.25, 0.3) is 0 Å². The Morgan fingerprint density at radius 1 is 0.974 bits per heavy atom. The normalized spacial score (nSPS) is 26.5. The fourth-order valence-corrected chi connectivity index (χ4v) is 6.59. The number of carbonyl (C=O) groups excluding carboxylic acids is 4. The molecule has 7 nitrogen and oxygen atoms in total. The summed E-state index contributed by atoms with van der Waals surface area (Å²) in [6.07, 6.45) is 3.83. The van der Waals surface area contributed by atoms with Crippen molar-refractivity contribution >= 4 is 29.1 Å². The molecule has 4 aliphatic rings. The lowest BCUT2D eigenvalue weighted by Crippen LogP contribution is -2.39. The van der Waals surface area contributed by atoms with Crippen molar-refractivity contribution < 1.29 is 29.0 Å². The molecular formula is C31H27NO6. The second kappa shape index (κ2) is 8.94. The lowest BCUT2D eigenvalue weighted by atomic mass is 9.59. The zero-order valence-corrected chi connectivity index (χ0v) is 21.1. The molecule has 0 spiro atoms. The largest absolute Gasteiger partial charge is 0.504 e. The average molecular weight is 510 g/mol. The highest BCUT2D eigenvalue weighted by molar-refractivity contribution is 6.25. The van der Waals surface area contributed by atoms with Crippen molar-refractivity contribution in [3.63, 3.8) is 0 Å². The Hall–Kier alpha value is -4.26. The van der Waals surface area contributed by atoms with Crippen LogP contribution >= 0.6 is 0 Å². The molecule has 1 saturated heterocycles. The fraction of sp³-hybridized carbons (Fsp3) is 0.290. The first-order chi connectivity index (χ1) is 18.3. The SMILES string of the molecule is CCOc1cccc([C@H]2C3=CC[C@@H]4C(=O)N(c5ccccc5)C(=O)[C@@H]4[C@@H]3CC3=C2C(=O)C(C)=CC3=O)c1O. The third-order valence-corrected chi connectivity index (χ3v) is 8.22. The molecule has 0 unspecified atom stereocenters. The van der Waals surface area contributed by atoms with Gasteiger partial charge in [-0.05, 0) is 56.9 Å².